The Morgan fingerprint density at radius 3 is 2.60 bits per heavy atom. The zero-order valence-electron chi connectivity index (χ0n) is 13.1. The molecule has 0 radical (unpaired) electrons. The Labute approximate surface area is 153 Å². The van der Waals surface area contributed by atoms with Gasteiger partial charge in [0.05, 0.1) is 6.54 Å². The number of para-hydroxylation sites is 2. The van der Waals surface area contributed by atoms with E-state index in [-0.39, 0.29) is 6.10 Å². The number of thiocarbonyl (C=S) groups is 1. The molecule has 2 N–H and O–H groups in total. The predicted molar refractivity (Wildman–Crippen MR) is 98.9 cm³/mol. The molecule has 0 fully saturated rings. The summed E-state index contributed by atoms with van der Waals surface area (Å²) in [6, 6.07) is 14.2. The first-order valence-electron chi connectivity index (χ1n) is 7.58. The minimum atomic E-state index is -2.43. The van der Waals surface area contributed by atoms with E-state index in [2.05, 4.69) is 10.6 Å². The molecule has 3 rings (SSSR count). The van der Waals surface area contributed by atoms with Crippen LogP contribution in [0.5, 0.6) is 11.5 Å². The SMILES string of the molecule is FC(F)Sc1ccc(NC(=S)NC[C@@H]2COc3ccccc3O2)cc1. The highest BCUT2D eigenvalue weighted by Crippen LogP contribution is 2.30. The molecule has 4 nitrogen and oxygen atoms in total. The number of nitrogens with one attached hydrogen (secondary N) is 2. The number of anilines is 1. The van der Waals surface area contributed by atoms with Crippen LogP contribution in [0.15, 0.2) is 53.4 Å². The first-order chi connectivity index (χ1) is 12.1. The highest BCUT2D eigenvalue weighted by molar-refractivity contribution is 7.99. The summed E-state index contributed by atoms with van der Waals surface area (Å²) in [5.74, 6) is -0.975. The van der Waals surface area contributed by atoms with Gasteiger partial charge < -0.3 is 20.1 Å². The van der Waals surface area contributed by atoms with Crippen molar-refractivity contribution in [2.24, 2.45) is 0 Å². The minimum absolute atomic E-state index is 0.153. The normalized spacial score (nSPS) is 15.7. The fraction of sp³-hybridized carbons (Fsp3) is 0.235. The molecule has 1 heterocycles. The van der Waals surface area contributed by atoms with Gasteiger partial charge in [0.1, 0.15) is 12.7 Å². The molecule has 2 aromatic rings. The van der Waals surface area contributed by atoms with E-state index in [9.17, 15) is 8.78 Å². The number of hydrogen-bond acceptors (Lipinski definition) is 4. The van der Waals surface area contributed by atoms with Crippen molar-refractivity contribution in [2.75, 3.05) is 18.5 Å². The van der Waals surface area contributed by atoms with Gasteiger partial charge in [0.2, 0.25) is 0 Å². The maximum absolute atomic E-state index is 12.3. The van der Waals surface area contributed by atoms with Crippen molar-refractivity contribution in [1.29, 1.82) is 0 Å². The second-order valence-corrected chi connectivity index (χ2v) is 6.71. The number of thioether (sulfide) groups is 1. The van der Waals surface area contributed by atoms with Crippen molar-refractivity contribution in [3.05, 3.63) is 48.5 Å². The van der Waals surface area contributed by atoms with Gasteiger partial charge in [0.25, 0.3) is 5.76 Å². The monoisotopic (exact) mass is 382 g/mol. The lowest BCUT2D eigenvalue weighted by Crippen LogP contribution is -2.42. The van der Waals surface area contributed by atoms with E-state index < -0.39 is 5.76 Å². The summed E-state index contributed by atoms with van der Waals surface area (Å²) in [5.41, 5.74) is 0.724. The number of fused-ring (bicyclic) bond motifs is 1. The summed E-state index contributed by atoms with van der Waals surface area (Å²) in [6.07, 6.45) is -0.153. The summed E-state index contributed by atoms with van der Waals surface area (Å²) in [5, 5.41) is 6.50. The van der Waals surface area contributed by atoms with E-state index in [1.54, 1.807) is 24.3 Å². The number of alkyl halides is 2. The van der Waals surface area contributed by atoms with Gasteiger partial charge in [-0.15, -0.1) is 0 Å². The summed E-state index contributed by atoms with van der Waals surface area (Å²) < 4.78 is 36.1. The van der Waals surface area contributed by atoms with Gasteiger partial charge in [-0.3, -0.25) is 0 Å². The van der Waals surface area contributed by atoms with E-state index in [4.69, 9.17) is 21.7 Å². The van der Waals surface area contributed by atoms with E-state index in [1.165, 1.54) is 0 Å². The average molecular weight is 382 g/mol. The van der Waals surface area contributed by atoms with Crippen LogP contribution in [0.25, 0.3) is 0 Å². The smallest absolute Gasteiger partial charge is 0.288 e. The van der Waals surface area contributed by atoms with Crippen LogP contribution in [0.2, 0.25) is 0 Å². The first-order valence-corrected chi connectivity index (χ1v) is 8.87. The fourth-order valence-corrected chi connectivity index (χ4v) is 2.97. The third-order valence-corrected chi connectivity index (χ3v) is 4.36. The Balaban J connectivity index is 1.45. The molecule has 0 saturated carbocycles. The third-order valence-electron chi connectivity index (χ3n) is 3.40. The van der Waals surface area contributed by atoms with Crippen LogP contribution < -0.4 is 20.1 Å². The van der Waals surface area contributed by atoms with Gasteiger partial charge >= 0.3 is 0 Å². The molecule has 0 bridgehead atoms. The highest BCUT2D eigenvalue weighted by atomic mass is 32.2. The van der Waals surface area contributed by atoms with Gasteiger partial charge in [-0.1, -0.05) is 23.9 Å². The molecule has 0 amide bonds. The zero-order chi connectivity index (χ0) is 17.6. The van der Waals surface area contributed by atoms with E-state index >= 15 is 0 Å². The lowest BCUT2D eigenvalue weighted by atomic mass is 10.2. The van der Waals surface area contributed by atoms with Crippen LogP contribution in [-0.4, -0.2) is 30.1 Å². The second kappa shape index (κ2) is 8.35. The summed E-state index contributed by atoms with van der Waals surface area (Å²) in [7, 11) is 0. The van der Waals surface area contributed by atoms with Crippen molar-refractivity contribution in [3.8, 4) is 11.5 Å². The lowest BCUT2D eigenvalue weighted by molar-refractivity contribution is 0.0939. The van der Waals surface area contributed by atoms with Gasteiger partial charge in [-0.2, -0.15) is 8.78 Å². The quantitative estimate of drug-likeness (QED) is 0.599. The topological polar surface area (TPSA) is 42.5 Å². The van der Waals surface area contributed by atoms with E-state index in [0.29, 0.717) is 40.7 Å². The van der Waals surface area contributed by atoms with Gasteiger partial charge in [0, 0.05) is 10.6 Å². The predicted octanol–water partition coefficient (Wildman–Crippen LogP) is 4.13. The van der Waals surface area contributed by atoms with Crippen LogP contribution in [-0.2, 0) is 0 Å². The largest absolute Gasteiger partial charge is 0.486 e. The molecule has 0 aromatic heterocycles. The van der Waals surface area contributed by atoms with Crippen LogP contribution in [0.1, 0.15) is 0 Å². The maximum atomic E-state index is 12.3. The molecule has 1 atom stereocenters. The molecule has 25 heavy (non-hydrogen) atoms. The molecule has 1 aliphatic heterocycles. The molecule has 1 aliphatic rings. The third kappa shape index (κ3) is 5.20. The standard InChI is InChI=1S/C17H16F2N2O2S2/c18-16(19)25-13-7-5-11(6-8-13)21-17(24)20-9-12-10-22-14-3-1-2-4-15(14)23-12/h1-8,12,16H,9-10H2,(H2,20,21,24)/t12-/m1/s1. The maximum Gasteiger partial charge on any atom is 0.288 e. The Kier molecular flexibility index (Phi) is 5.93. The molecule has 0 unspecified atom stereocenters. The minimum Gasteiger partial charge on any atom is -0.486 e. The fourth-order valence-electron chi connectivity index (χ4n) is 2.27. The van der Waals surface area contributed by atoms with Crippen LogP contribution >= 0.6 is 24.0 Å². The lowest BCUT2D eigenvalue weighted by Gasteiger charge is -2.27. The molecule has 0 saturated heterocycles. The van der Waals surface area contributed by atoms with Gasteiger partial charge in [-0.25, -0.2) is 0 Å². The highest BCUT2D eigenvalue weighted by Gasteiger charge is 2.20. The van der Waals surface area contributed by atoms with Crippen LogP contribution in [0.4, 0.5) is 14.5 Å². The number of halogens is 2. The molecule has 132 valence electrons. The Bertz CT molecular complexity index is 729. The molecule has 8 heteroatoms. The molecule has 2 aromatic carbocycles. The Morgan fingerprint density at radius 1 is 1.16 bits per heavy atom. The Morgan fingerprint density at radius 2 is 1.88 bits per heavy atom. The second-order valence-electron chi connectivity index (χ2n) is 5.24. The first kappa shape index (κ1) is 17.8. The number of rotatable bonds is 5. The molecular weight excluding hydrogens is 366 g/mol. The molecular formula is C17H16F2N2O2S2. The van der Waals surface area contributed by atoms with E-state index in [0.717, 1.165) is 11.4 Å². The van der Waals surface area contributed by atoms with Crippen molar-refractivity contribution in [3.63, 3.8) is 0 Å². The van der Waals surface area contributed by atoms with Gasteiger partial charge in [0.15, 0.2) is 16.6 Å². The van der Waals surface area contributed by atoms with E-state index in [1.807, 2.05) is 24.3 Å². The molecule has 0 aliphatic carbocycles. The average Bonchev–Trinajstić information content (AvgIpc) is 2.61. The zero-order valence-corrected chi connectivity index (χ0v) is 14.7. The number of ether oxygens (including phenoxy) is 2. The van der Waals surface area contributed by atoms with Gasteiger partial charge in [-0.05, 0) is 48.6 Å². The Hall–Kier alpha value is -2.06. The summed E-state index contributed by atoms with van der Waals surface area (Å²) >= 11 is 5.75. The van der Waals surface area contributed by atoms with Crippen molar-refractivity contribution < 1.29 is 18.3 Å². The van der Waals surface area contributed by atoms with Crippen LogP contribution in [0, 0.1) is 0 Å². The van der Waals surface area contributed by atoms with Crippen molar-refractivity contribution in [2.45, 2.75) is 16.8 Å². The summed E-state index contributed by atoms with van der Waals surface area (Å²) in [6.45, 7) is 0.922. The number of benzene rings is 2. The number of hydrogen-bond donors (Lipinski definition) is 2. The van der Waals surface area contributed by atoms with Crippen LogP contribution in [0.3, 0.4) is 0 Å². The van der Waals surface area contributed by atoms with Crippen molar-refractivity contribution in [1.82, 2.24) is 5.32 Å². The van der Waals surface area contributed by atoms with Crippen molar-refractivity contribution >= 4 is 34.8 Å². The molecule has 0 spiro atoms. The summed E-state index contributed by atoms with van der Waals surface area (Å²) in [4.78, 5) is 0.505.